The summed E-state index contributed by atoms with van der Waals surface area (Å²) >= 11 is 0. The SMILES string of the molecule is c1ccc(-c2ccc(N(c3ccc(-c4ccccc4)cc3)c3ccc(-c4ccc5oc6cc7nc(-c8ccc9ccccc9c8)oc7cc6c5c4)cc3)cc2)cc1. The van der Waals surface area contributed by atoms with Crippen molar-refractivity contribution in [3.63, 3.8) is 0 Å². The summed E-state index contributed by atoms with van der Waals surface area (Å²) < 4.78 is 12.7. The second-order valence-corrected chi connectivity index (χ2v) is 14.4. The zero-order chi connectivity index (χ0) is 37.7. The van der Waals surface area contributed by atoms with Crippen LogP contribution in [0.3, 0.4) is 0 Å². The molecule has 0 radical (unpaired) electrons. The van der Waals surface area contributed by atoms with Gasteiger partial charge in [0, 0.05) is 39.5 Å². The van der Waals surface area contributed by atoms with Crippen LogP contribution in [0, 0.1) is 0 Å². The van der Waals surface area contributed by atoms with E-state index in [4.69, 9.17) is 13.8 Å². The van der Waals surface area contributed by atoms with Crippen molar-refractivity contribution in [1.29, 1.82) is 0 Å². The van der Waals surface area contributed by atoms with E-state index in [1.54, 1.807) is 0 Å². The lowest BCUT2D eigenvalue weighted by Crippen LogP contribution is -2.09. The maximum Gasteiger partial charge on any atom is 0.227 e. The van der Waals surface area contributed by atoms with Gasteiger partial charge in [-0.25, -0.2) is 4.98 Å². The predicted octanol–water partition coefficient (Wildman–Crippen LogP) is 15.0. The molecule has 0 unspecified atom stereocenters. The van der Waals surface area contributed by atoms with Gasteiger partial charge in [-0.3, -0.25) is 0 Å². The zero-order valence-electron chi connectivity index (χ0n) is 30.8. The molecule has 4 nitrogen and oxygen atoms in total. The van der Waals surface area contributed by atoms with Crippen molar-refractivity contribution in [2.75, 3.05) is 4.90 Å². The summed E-state index contributed by atoms with van der Waals surface area (Å²) in [5.74, 6) is 0.599. The highest BCUT2D eigenvalue weighted by Crippen LogP contribution is 2.40. The molecular formula is C53H34N2O2. The first-order valence-corrected chi connectivity index (χ1v) is 19.2. The standard InChI is InChI=1S/C53H34N2O2/c1-3-9-35(10-4-1)38-17-24-44(25-18-38)55(45-26-19-39(20-27-45)36-11-5-2-6-12-36)46-28-21-40(22-29-46)42-23-30-50-47(32-42)48-33-52-49(34-51(48)56-50)54-53(57-52)43-16-15-37-13-7-8-14-41(37)31-43/h1-34H. The Morgan fingerprint density at radius 2 is 0.807 bits per heavy atom. The van der Waals surface area contributed by atoms with Crippen LogP contribution in [-0.2, 0) is 0 Å². The molecule has 0 saturated carbocycles. The number of hydrogen-bond acceptors (Lipinski definition) is 4. The van der Waals surface area contributed by atoms with Crippen LogP contribution in [-0.4, -0.2) is 4.98 Å². The van der Waals surface area contributed by atoms with Crippen molar-refractivity contribution in [3.05, 3.63) is 206 Å². The minimum absolute atomic E-state index is 0.599. The summed E-state index contributed by atoms with van der Waals surface area (Å²) in [6.07, 6.45) is 0. The molecule has 57 heavy (non-hydrogen) atoms. The van der Waals surface area contributed by atoms with E-state index in [1.165, 1.54) is 27.6 Å². The first-order valence-electron chi connectivity index (χ1n) is 19.2. The molecule has 4 heteroatoms. The van der Waals surface area contributed by atoms with Crippen LogP contribution >= 0.6 is 0 Å². The van der Waals surface area contributed by atoms with Crippen molar-refractivity contribution >= 4 is 60.9 Å². The van der Waals surface area contributed by atoms with Crippen LogP contribution < -0.4 is 4.90 Å². The van der Waals surface area contributed by atoms with Crippen molar-refractivity contribution in [1.82, 2.24) is 4.98 Å². The van der Waals surface area contributed by atoms with E-state index in [0.717, 1.165) is 72.2 Å². The molecule has 0 spiro atoms. The van der Waals surface area contributed by atoms with Gasteiger partial charge in [0.1, 0.15) is 16.7 Å². The van der Waals surface area contributed by atoms with Gasteiger partial charge in [0.2, 0.25) is 5.89 Å². The van der Waals surface area contributed by atoms with Gasteiger partial charge in [0.25, 0.3) is 0 Å². The van der Waals surface area contributed by atoms with E-state index in [9.17, 15) is 0 Å². The van der Waals surface area contributed by atoms with E-state index in [1.807, 2.05) is 12.1 Å². The Hall–Kier alpha value is -7.69. The molecule has 268 valence electrons. The molecule has 11 aromatic rings. The summed E-state index contributed by atoms with van der Waals surface area (Å²) in [5.41, 5.74) is 14.3. The van der Waals surface area contributed by atoms with Crippen molar-refractivity contribution in [2.24, 2.45) is 0 Å². The molecule has 0 saturated heterocycles. The third-order valence-corrected chi connectivity index (χ3v) is 10.9. The number of rotatable bonds is 7. The number of furan rings is 1. The molecule has 0 aliphatic carbocycles. The lowest BCUT2D eigenvalue weighted by molar-refractivity contribution is 0.620. The Morgan fingerprint density at radius 1 is 0.316 bits per heavy atom. The Kier molecular flexibility index (Phi) is 7.78. The molecule has 11 rings (SSSR count). The largest absolute Gasteiger partial charge is 0.456 e. The highest BCUT2D eigenvalue weighted by molar-refractivity contribution is 6.10. The van der Waals surface area contributed by atoms with Gasteiger partial charge in [-0.2, -0.15) is 0 Å². The van der Waals surface area contributed by atoms with Gasteiger partial charge in [0.05, 0.1) is 0 Å². The van der Waals surface area contributed by atoms with Gasteiger partial charge < -0.3 is 13.7 Å². The van der Waals surface area contributed by atoms with Gasteiger partial charge in [-0.15, -0.1) is 0 Å². The summed E-state index contributed by atoms with van der Waals surface area (Å²) in [6.45, 7) is 0. The fourth-order valence-electron chi connectivity index (χ4n) is 7.94. The number of anilines is 3. The average Bonchev–Trinajstić information content (AvgIpc) is 3.87. The highest BCUT2D eigenvalue weighted by atomic mass is 16.4. The smallest absolute Gasteiger partial charge is 0.227 e. The molecule has 0 aliphatic rings. The minimum Gasteiger partial charge on any atom is -0.456 e. The minimum atomic E-state index is 0.599. The molecule has 0 amide bonds. The fourth-order valence-corrected chi connectivity index (χ4v) is 7.94. The quantitative estimate of drug-likeness (QED) is 0.164. The number of benzene rings is 9. The molecule has 0 N–H and O–H groups in total. The van der Waals surface area contributed by atoms with Crippen LogP contribution in [0.25, 0.3) is 88.6 Å². The van der Waals surface area contributed by atoms with Crippen LogP contribution in [0.2, 0.25) is 0 Å². The fraction of sp³-hybridized carbons (Fsp3) is 0. The second-order valence-electron chi connectivity index (χ2n) is 14.4. The first-order chi connectivity index (χ1) is 28.2. The van der Waals surface area contributed by atoms with Gasteiger partial charge >= 0.3 is 0 Å². The molecular weight excluding hydrogens is 697 g/mol. The summed E-state index contributed by atoms with van der Waals surface area (Å²) in [4.78, 5) is 7.16. The third-order valence-electron chi connectivity index (χ3n) is 10.9. The molecule has 2 aromatic heterocycles. The van der Waals surface area contributed by atoms with Crippen LogP contribution in [0.1, 0.15) is 0 Å². The molecule has 0 atom stereocenters. The summed E-state index contributed by atoms with van der Waals surface area (Å²) in [5, 5.41) is 4.38. The highest BCUT2D eigenvalue weighted by Gasteiger charge is 2.17. The molecule has 0 bridgehead atoms. The van der Waals surface area contributed by atoms with Crippen LogP contribution in [0.5, 0.6) is 0 Å². The average molecular weight is 731 g/mol. The monoisotopic (exact) mass is 730 g/mol. The Bertz CT molecular complexity index is 3120. The number of aromatic nitrogens is 1. The summed E-state index contributed by atoms with van der Waals surface area (Å²) in [6, 6.07) is 72.5. The van der Waals surface area contributed by atoms with Crippen molar-refractivity contribution in [3.8, 4) is 44.8 Å². The summed E-state index contributed by atoms with van der Waals surface area (Å²) in [7, 11) is 0. The molecule has 2 heterocycles. The molecule has 0 aliphatic heterocycles. The van der Waals surface area contributed by atoms with E-state index in [-0.39, 0.29) is 0 Å². The van der Waals surface area contributed by atoms with Gasteiger partial charge in [0.15, 0.2) is 5.58 Å². The first kappa shape index (κ1) is 32.7. The second kappa shape index (κ2) is 13.6. The molecule has 9 aromatic carbocycles. The van der Waals surface area contributed by atoms with E-state index < -0.39 is 0 Å². The van der Waals surface area contributed by atoms with E-state index >= 15 is 0 Å². The topological polar surface area (TPSA) is 42.4 Å². The Labute approximate surface area is 329 Å². The number of fused-ring (bicyclic) bond motifs is 5. The lowest BCUT2D eigenvalue weighted by atomic mass is 10.0. The predicted molar refractivity (Wildman–Crippen MR) is 235 cm³/mol. The number of nitrogens with zero attached hydrogens (tertiary/aromatic N) is 2. The van der Waals surface area contributed by atoms with Crippen LogP contribution in [0.15, 0.2) is 215 Å². The van der Waals surface area contributed by atoms with Crippen LogP contribution in [0.4, 0.5) is 17.1 Å². The lowest BCUT2D eigenvalue weighted by Gasteiger charge is -2.26. The maximum atomic E-state index is 6.36. The van der Waals surface area contributed by atoms with Gasteiger partial charge in [-0.05, 0) is 111 Å². The Morgan fingerprint density at radius 3 is 1.42 bits per heavy atom. The van der Waals surface area contributed by atoms with E-state index in [2.05, 4.69) is 199 Å². The normalized spacial score (nSPS) is 11.5. The number of hydrogen-bond donors (Lipinski definition) is 0. The van der Waals surface area contributed by atoms with Gasteiger partial charge in [-0.1, -0.05) is 133 Å². The Balaban J connectivity index is 0.937. The number of oxazole rings is 1. The third kappa shape index (κ3) is 6.01. The zero-order valence-corrected chi connectivity index (χ0v) is 30.8. The molecule has 0 fully saturated rings. The maximum absolute atomic E-state index is 6.36. The van der Waals surface area contributed by atoms with E-state index in [0.29, 0.717) is 5.89 Å². The van der Waals surface area contributed by atoms with Crippen molar-refractivity contribution in [2.45, 2.75) is 0 Å². The van der Waals surface area contributed by atoms with Crippen molar-refractivity contribution < 1.29 is 8.83 Å².